The van der Waals surface area contributed by atoms with Gasteiger partial charge in [-0.15, -0.1) is 0 Å². The summed E-state index contributed by atoms with van der Waals surface area (Å²) in [5.74, 6) is -1.19. The van der Waals surface area contributed by atoms with Crippen LogP contribution in [0.5, 0.6) is 5.88 Å². The van der Waals surface area contributed by atoms with Crippen molar-refractivity contribution >= 4 is 37.8 Å². The maximum Gasteiger partial charge on any atom is 0.343 e. The van der Waals surface area contributed by atoms with Crippen LogP contribution in [0.2, 0.25) is 18.1 Å². The number of hydrogen-bond acceptors (Lipinski definition) is 7. The highest BCUT2D eigenvalue weighted by Crippen LogP contribution is 2.38. The summed E-state index contributed by atoms with van der Waals surface area (Å²) in [6.45, 7) is 16.4. The molecule has 0 aliphatic carbocycles. The molecule has 3 aromatic rings. The van der Waals surface area contributed by atoms with Crippen molar-refractivity contribution in [1.29, 1.82) is 0 Å². The van der Waals surface area contributed by atoms with Crippen LogP contribution >= 0.6 is 11.6 Å². The molecule has 0 saturated carbocycles. The van der Waals surface area contributed by atoms with E-state index in [0.717, 1.165) is 0 Å². The van der Waals surface area contributed by atoms with Gasteiger partial charge < -0.3 is 18.5 Å². The number of aromatic nitrogens is 3. The standard InChI is InChI=1S/C29H39ClFN3O5Si/c1-10-38-28(36)18-15-34(23(16(2)3)25(29(4,5)6)39-40(8)9)26-22(24(18)35)32-20(27(33-26)37-7)14-17-12-11-13-19(30)21(17)31/h11-13,15-16,23,25,40H,10,14H2,1-9H3/t23-,25?/m0/s1. The first-order valence-corrected chi connectivity index (χ1v) is 16.6. The number of carbonyl (C=O) groups excluding carboxylic acids is 1. The summed E-state index contributed by atoms with van der Waals surface area (Å²) < 4.78 is 34.0. The van der Waals surface area contributed by atoms with E-state index < -0.39 is 26.3 Å². The summed E-state index contributed by atoms with van der Waals surface area (Å²) in [7, 11) is -0.0723. The van der Waals surface area contributed by atoms with Crippen LogP contribution in [-0.2, 0) is 15.6 Å². The van der Waals surface area contributed by atoms with Crippen LogP contribution in [0.3, 0.4) is 0 Å². The molecule has 40 heavy (non-hydrogen) atoms. The topological polar surface area (TPSA) is 92.5 Å². The lowest BCUT2D eigenvalue weighted by Gasteiger charge is -2.41. The summed E-state index contributed by atoms with van der Waals surface area (Å²) >= 11 is 5.99. The van der Waals surface area contributed by atoms with E-state index in [1.807, 2.05) is 0 Å². The van der Waals surface area contributed by atoms with Crippen LogP contribution < -0.4 is 10.2 Å². The Kier molecular flexibility index (Phi) is 10.1. The fraction of sp³-hybridized carbons (Fsp3) is 0.517. The van der Waals surface area contributed by atoms with Crippen molar-refractivity contribution in [2.45, 2.75) is 73.2 Å². The van der Waals surface area contributed by atoms with Crippen molar-refractivity contribution in [3.8, 4) is 5.88 Å². The molecule has 0 bridgehead atoms. The summed E-state index contributed by atoms with van der Waals surface area (Å²) in [6.07, 6.45) is 1.21. The number of hydrogen-bond donors (Lipinski definition) is 0. The van der Waals surface area contributed by atoms with E-state index in [1.54, 1.807) is 23.6 Å². The van der Waals surface area contributed by atoms with E-state index in [2.05, 4.69) is 52.7 Å². The third-order valence-electron chi connectivity index (χ3n) is 6.55. The maximum absolute atomic E-state index is 14.8. The Morgan fingerprint density at radius 1 is 1.20 bits per heavy atom. The number of halogens is 2. The van der Waals surface area contributed by atoms with Crippen LogP contribution in [0.15, 0.2) is 29.2 Å². The summed E-state index contributed by atoms with van der Waals surface area (Å²) in [6, 6.07) is 4.34. The zero-order valence-corrected chi connectivity index (χ0v) is 26.6. The van der Waals surface area contributed by atoms with Crippen LogP contribution in [0.1, 0.15) is 69.2 Å². The van der Waals surface area contributed by atoms with Crippen molar-refractivity contribution in [1.82, 2.24) is 14.5 Å². The minimum absolute atomic E-state index is 0.0192. The average molecular weight is 592 g/mol. The molecule has 0 saturated heterocycles. The normalized spacial score (nSPS) is 13.6. The van der Waals surface area contributed by atoms with Gasteiger partial charge in [-0.1, -0.05) is 58.4 Å². The van der Waals surface area contributed by atoms with Gasteiger partial charge in [-0.3, -0.25) is 4.79 Å². The Hall–Kier alpha value is -2.82. The monoisotopic (exact) mass is 591 g/mol. The lowest BCUT2D eigenvalue weighted by molar-refractivity contribution is 0.0209. The largest absolute Gasteiger partial charge is 0.480 e. The van der Waals surface area contributed by atoms with Gasteiger partial charge in [-0.2, -0.15) is 4.98 Å². The molecule has 0 N–H and O–H groups in total. The van der Waals surface area contributed by atoms with Gasteiger partial charge in [0.25, 0.3) is 0 Å². The number of fused-ring (bicyclic) bond motifs is 1. The molecule has 2 heterocycles. The summed E-state index contributed by atoms with van der Waals surface area (Å²) in [5, 5.41) is -0.0288. The maximum atomic E-state index is 14.8. The molecule has 0 fully saturated rings. The molecule has 0 aliphatic rings. The SMILES string of the molecule is CCOC(=O)c1cn([C@@H](C(C)C)C(O[SiH](C)C)C(C)(C)C)c2nc(OC)c(Cc3cccc(Cl)c3F)nc2c1=O. The Labute approximate surface area is 241 Å². The third-order valence-corrected chi connectivity index (χ3v) is 7.68. The second-order valence-corrected chi connectivity index (χ2v) is 14.2. The fourth-order valence-electron chi connectivity index (χ4n) is 4.80. The number of nitrogens with zero attached hydrogens (tertiary/aromatic N) is 3. The van der Waals surface area contributed by atoms with Gasteiger partial charge in [-0.25, -0.2) is 14.2 Å². The van der Waals surface area contributed by atoms with E-state index in [9.17, 15) is 14.0 Å². The Balaban J connectivity index is 2.40. The lowest BCUT2D eigenvalue weighted by atomic mass is 9.80. The minimum Gasteiger partial charge on any atom is -0.480 e. The molecule has 1 aromatic carbocycles. The molecule has 2 aromatic heterocycles. The first kappa shape index (κ1) is 31.7. The zero-order valence-electron chi connectivity index (χ0n) is 24.7. The summed E-state index contributed by atoms with van der Waals surface area (Å²) in [4.78, 5) is 36.0. The number of carbonyl (C=O) groups is 1. The number of methoxy groups -OCH3 is 1. The van der Waals surface area contributed by atoms with Gasteiger partial charge in [0.05, 0.1) is 30.9 Å². The molecule has 1 unspecified atom stereocenters. The summed E-state index contributed by atoms with van der Waals surface area (Å²) in [5.41, 5.74) is -0.357. The van der Waals surface area contributed by atoms with E-state index in [0.29, 0.717) is 0 Å². The van der Waals surface area contributed by atoms with Gasteiger partial charge in [0.15, 0.2) is 20.2 Å². The second kappa shape index (κ2) is 12.8. The smallest absolute Gasteiger partial charge is 0.343 e. The van der Waals surface area contributed by atoms with E-state index in [-0.39, 0.29) is 75.4 Å². The first-order chi connectivity index (χ1) is 18.7. The van der Waals surface area contributed by atoms with E-state index >= 15 is 0 Å². The molecule has 0 radical (unpaired) electrons. The Morgan fingerprint density at radius 3 is 2.42 bits per heavy atom. The number of benzene rings is 1. The third kappa shape index (κ3) is 6.72. The van der Waals surface area contributed by atoms with Crippen molar-refractivity contribution in [2.24, 2.45) is 11.3 Å². The average Bonchev–Trinajstić information content (AvgIpc) is 2.86. The van der Waals surface area contributed by atoms with Crippen molar-refractivity contribution in [3.05, 3.63) is 62.3 Å². The van der Waals surface area contributed by atoms with Crippen molar-refractivity contribution in [3.63, 3.8) is 0 Å². The minimum atomic E-state index is -1.51. The van der Waals surface area contributed by atoms with Crippen LogP contribution in [0.25, 0.3) is 11.2 Å². The Morgan fingerprint density at radius 2 is 1.88 bits per heavy atom. The number of pyridine rings is 1. The van der Waals surface area contributed by atoms with E-state index in [1.165, 1.54) is 19.4 Å². The van der Waals surface area contributed by atoms with Crippen LogP contribution in [0.4, 0.5) is 4.39 Å². The van der Waals surface area contributed by atoms with Crippen molar-refractivity contribution < 1.29 is 23.1 Å². The molecular weight excluding hydrogens is 553 g/mol. The molecule has 0 aliphatic heterocycles. The molecule has 3 rings (SSSR count). The van der Waals surface area contributed by atoms with Gasteiger partial charge in [-0.05, 0) is 43.0 Å². The fourth-order valence-corrected chi connectivity index (χ4v) is 6.15. The Bertz CT molecular complexity index is 1440. The van der Waals surface area contributed by atoms with Crippen LogP contribution in [-0.4, -0.2) is 49.4 Å². The quantitative estimate of drug-likeness (QED) is 0.212. The molecule has 0 amide bonds. The van der Waals surface area contributed by atoms with Gasteiger partial charge >= 0.3 is 5.97 Å². The second-order valence-electron chi connectivity index (χ2n) is 11.4. The predicted molar refractivity (Wildman–Crippen MR) is 158 cm³/mol. The van der Waals surface area contributed by atoms with E-state index in [4.69, 9.17) is 30.5 Å². The van der Waals surface area contributed by atoms with Crippen molar-refractivity contribution in [2.75, 3.05) is 13.7 Å². The highest BCUT2D eigenvalue weighted by Gasteiger charge is 2.38. The number of esters is 1. The predicted octanol–water partition coefficient (Wildman–Crippen LogP) is 5.97. The number of ether oxygens (including phenoxy) is 2. The van der Waals surface area contributed by atoms with Gasteiger partial charge in [0.2, 0.25) is 11.3 Å². The van der Waals surface area contributed by atoms with Gasteiger partial charge in [0.1, 0.15) is 17.1 Å². The molecular formula is C29H39ClFN3O5Si. The number of rotatable bonds is 10. The van der Waals surface area contributed by atoms with Gasteiger partial charge in [0, 0.05) is 12.6 Å². The highest BCUT2D eigenvalue weighted by molar-refractivity contribution is 6.48. The highest BCUT2D eigenvalue weighted by atomic mass is 35.5. The lowest BCUT2D eigenvalue weighted by Crippen LogP contribution is -2.43. The molecule has 11 heteroatoms. The molecule has 218 valence electrons. The molecule has 0 spiro atoms. The zero-order chi connectivity index (χ0) is 29.9. The first-order valence-electron chi connectivity index (χ1n) is 13.5. The molecule has 2 atom stereocenters. The van der Waals surface area contributed by atoms with Crippen LogP contribution in [0, 0.1) is 17.2 Å². The molecule has 8 nitrogen and oxygen atoms in total.